The van der Waals surface area contributed by atoms with Gasteiger partial charge in [0.25, 0.3) is 11.2 Å². The fourth-order valence-corrected chi connectivity index (χ4v) is 1.52. The monoisotopic (exact) mass is 219 g/mol. The normalized spacial score (nSPS) is 10.3. The minimum Gasteiger partial charge on any atom is -0.298 e. The highest BCUT2D eigenvalue weighted by Crippen LogP contribution is 2.23. The lowest BCUT2D eigenvalue weighted by molar-refractivity contribution is -0.385. The Labute approximate surface area is 90.1 Å². The molecule has 0 atom stereocenters. The smallest absolute Gasteiger partial charge is 0.272 e. The molecular formula is C10H9N3O3. The molecule has 0 spiro atoms. The molecule has 0 saturated carbocycles. The van der Waals surface area contributed by atoms with Crippen LogP contribution in [0.2, 0.25) is 0 Å². The summed E-state index contributed by atoms with van der Waals surface area (Å²) in [6.45, 7) is 1.66. The van der Waals surface area contributed by atoms with Gasteiger partial charge < -0.3 is 0 Å². The summed E-state index contributed by atoms with van der Waals surface area (Å²) < 4.78 is 0. The molecule has 1 aromatic heterocycles. The van der Waals surface area contributed by atoms with Crippen LogP contribution in [0.5, 0.6) is 0 Å². The lowest BCUT2D eigenvalue weighted by atomic mass is 10.1. The number of rotatable bonds is 2. The van der Waals surface area contributed by atoms with Gasteiger partial charge in [0.05, 0.1) is 10.6 Å². The third kappa shape index (κ3) is 1.72. The van der Waals surface area contributed by atoms with Gasteiger partial charge >= 0.3 is 0 Å². The molecule has 0 radical (unpaired) electrons. The maximum absolute atomic E-state index is 10.9. The van der Waals surface area contributed by atoms with Crippen LogP contribution in [0, 0.1) is 17.0 Å². The Bertz CT molecular complexity index is 597. The van der Waals surface area contributed by atoms with Crippen molar-refractivity contribution in [2.75, 3.05) is 0 Å². The predicted octanol–water partition coefficient (Wildman–Crippen LogP) is 1.59. The first-order valence-corrected chi connectivity index (χ1v) is 4.61. The van der Waals surface area contributed by atoms with Crippen LogP contribution in [-0.4, -0.2) is 15.1 Å². The summed E-state index contributed by atoms with van der Waals surface area (Å²) in [4.78, 5) is 21.1. The number of hydrogen-bond donors (Lipinski definition) is 2. The van der Waals surface area contributed by atoms with Crippen molar-refractivity contribution in [3.63, 3.8) is 0 Å². The molecule has 0 aliphatic heterocycles. The summed E-state index contributed by atoms with van der Waals surface area (Å²) in [7, 11) is 0. The summed E-state index contributed by atoms with van der Waals surface area (Å²) in [6.07, 6.45) is 0. The first kappa shape index (κ1) is 10.2. The molecule has 0 saturated heterocycles. The van der Waals surface area contributed by atoms with Gasteiger partial charge in [0, 0.05) is 23.3 Å². The third-order valence-corrected chi connectivity index (χ3v) is 2.30. The first-order chi connectivity index (χ1) is 7.58. The maximum Gasteiger partial charge on any atom is 0.272 e. The van der Waals surface area contributed by atoms with E-state index in [4.69, 9.17) is 0 Å². The fraction of sp³-hybridized carbons (Fsp3) is 0.100. The minimum absolute atomic E-state index is 0.0710. The van der Waals surface area contributed by atoms with Crippen molar-refractivity contribution >= 4 is 5.69 Å². The van der Waals surface area contributed by atoms with Crippen molar-refractivity contribution in [3.05, 3.63) is 50.3 Å². The van der Waals surface area contributed by atoms with Gasteiger partial charge in [-0.05, 0) is 19.1 Å². The van der Waals surface area contributed by atoms with Gasteiger partial charge in [0.15, 0.2) is 0 Å². The summed E-state index contributed by atoms with van der Waals surface area (Å²) in [5, 5.41) is 15.7. The number of aromatic amines is 2. The molecule has 0 aliphatic carbocycles. The van der Waals surface area contributed by atoms with Gasteiger partial charge in [0.1, 0.15) is 0 Å². The average Bonchev–Trinajstić information content (AvgIpc) is 2.64. The Balaban J connectivity index is 2.49. The number of nitro benzene ring substituents is 1. The van der Waals surface area contributed by atoms with Gasteiger partial charge in [0.2, 0.25) is 0 Å². The SMILES string of the molecule is Cc1cc(-c2cc(=O)[nH][nH]2)ccc1[N+](=O)[O-]. The fourth-order valence-electron chi connectivity index (χ4n) is 1.52. The van der Waals surface area contributed by atoms with Crippen LogP contribution >= 0.6 is 0 Å². The number of nitrogens with one attached hydrogen (secondary N) is 2. The Morgan fingerprint density at radius 3 is 2.50 bits per heavy atom. The van der Waals surface area contributed by atoms with Gasteiger partial charge in [-0.1, -0.05) is 0 Å². The van der Waals surface area contributed by atoms with Crippen molar-refractivity contribution in [2.45, 2.75) is 6.92 Å². The minimum atomic E-state index is -0.432. The number of benzene rings is 1. The maximum atomic E-state index is 10.9. The molecule has 0 aliphatic rings. The van der Waals surface area contributed by atoms with Gasteiger partial charge in [-0.2, -0.15) is 0 Å². The molecule has 0 fully saturated rings. The number of H-pyrrole nitrogens is 2. The van der Waals surface area contributed by atoms with Gasteiger partial charge in [-0.3, -0.25) is 25.1 Å². The van der Waals surface area contributed by atoms with E-state index in [9.17, 15) is 14.9 Å². The van der Waals surface area contributed by atoms with Crippen LogP contribution in [-0.2, 0) is 0 Å². The van der Waals surface area contributed by atoms with Crippen molar-refractivity contribution < 1.29 is 4.92 Å². The van der Waals surface area contributed by atoms with Crippen molar-refractivity contribution in [3.8, 4) is 11.3 Å². The Kier molecular flexibility index (Phi) is 2.32. The van der Waals surface area contributed by atoms with E-state index in [1.54, 1.807) is 19.1 Å². The van der Waals surface area contributed by atoms with Crippen LogP contribution in [0.25, 0.3) is 11.3 Å². The topological polar surface area (TPSA) is 91.8 Å². The van der Waals surface area contributed by atoms with E-state index in [1.165, 1.54) is 12.1 Å². The van der Waals surface area contributed by atoms with Crippen LogP contribution < -0.4 is 5.56 Å². The summed E-state index contributed by atoms with van der Waals surface area (Å²) in [6, 6.07) is 6.10. The summed E-state index contributed by atoms with van der Waals surface area (Å²) in [5.41, 5.74) is 1.75. The number of aromatic nitrogens is 2. The summed E-state index contributed by atoms with van der Waals surface area (Å²) in [5.74, 6) is 0. The lowest BCUT2D eigenvalue weighted by Gasteiger charge is -2.00. The Morgan fingerprint density at radius 1 is 1.25 bits per heavy atom. The second-order valence-electron chi connectivity index (χ2n) is 3.43. The summed E-state index contributed by atoms with van der Waals surface area (Å²) >= 11 is 0. The molecule has 0 bridgehead atoms. The van der Waals surface area contributed by atoms with Crippen molar-refractivity contribution in [2.24, 2.45) is 0 Å². The van der Waals surface area contributed by atoms with E-state index in [1.807, 2.05) is 0 Å². The quantitative estimate of drug-likeness (QED) is 0.593. The van der Waals surface area contributed by atoms with E-state index >= 15 is 0 Å². The highest BCUT2D eigenvalue weighted by molar-refractivity contribution is 5.62. The lowest BCUT2D eigenvalue weighted by Crippen LogP contribution is -1.93. The number of nitro groups is 1. The third-order valence-electron chi connectivity index (χ3n) is 2.30. The predicted molar refractivity (Wildman–Crippen MR) is 58.2 cm³/mol. The van der Waals surface area contributed by atoms with E-state index in [0.717, 1.165) is 5.56 Å². The number of hydrogen-bond acceptors (Lipinski definition) is 3. The highest BCUT2D eigenvalue weighted by atomic mass is 16.6. The van der Waals surface area contributed by atoms with Gasteiger partial charge in [-0.15, -0.1) is 0 Å². The highest BCUT2D eigenvalue weighted by Gasteiger charge is 2.11. The zero-order chi connectivity index (χ0) is 11.7. The Morgan fingerprint density at radius 2 is 2.00 bits per heavy atom. The largest absolute Gasteiger partial charge is 0.298 e. The molecular weight excluding hydrogens is 210 g/mol. The molecule has 0 amide bonds. The molecule has 6 heteroatoms. The van der Waals surface area contributed by atoms with Crippen LogP contribution in [0.3, 0.4) is 0 Å². The van der Waals surface area contributed by atoms with Crippen molar-refractivity contribution in [1.29, 1.82) is 0 Å². The molecule has 2 N–H and O–H groups in total. The van der Waals surface area contributed by atoms with E-state index in [2.05, 4.69) is 10.2 Å². The van der Waals surface area contributed by atoms with E-state index in [-0.39, 0.29) is 11.2 Å². The van der Waals surface area contributed by atoms with E-state index < -0.39 is 4.92 Å². The van der Waals surface area contributed by atoms with Crippen LogP contribution in [0.15, 0.2) is 29.1 Å². The molecule has 2 rings (SSSR count). The zero-order valence-electron chi connectivity index (χ0n) is 8.48. The van der Waals surface area contributed by atoms with Crippen LogP contribution in [0.4, 0.5) is 5.69 Å². The van der Waals surface area contributed by atoms with E-state index in [0.29, 0.717) is 11.3 Å². The molecule has 2 aromatic rings. The zero-order valence-corrected chi connectivity index (χ0v) is 8.48. The molecule has 1 heterocycles. The molecule has 0 unspecified atom stereocenters. The first-order valence-electron chi connectivity index (χ1n) is 4.61. The van der Waals surface area contributed by atoms with Crippen LogP contribution in [0.1, 0.15) is 5.56 Å². The average molecular weight is 219 g/mol. The van der Waals surface area contributed by atoms with Crippen molar-refractivity contribution in [1.82, 2.24) is 10.2 Å². The molecule has 1 aromatic carbocycles. The number of aryl methyl sites for hydroxylation is 1. The second kappa shape index (κ2) is 3.65. The standard InChI is InChI=1S/C10H9N3O3/c1-6-4-7(2-3-9(6)13(15)16)8-5-10(14)12-11-8/h2-5H,1H3,(H2,11,12,14). The Hall–Kier alpha value is -2.37. The molecule has 82 valence electrons. The molecule has 6 nitrogen and oxygen atoms in total. The second-order valence-corrected chi connectivity index (χ2v) is 3.43. The van der Waals surface area contributed by atoms with Gasteiger partial charge in [-0.25, -0.2) is 0 Å². The number of nitrogens with zero attached hydrogens (tertiary/aromatic N) is 1. The molecule has 16 heavy (non-hydrogen) atoms.